The number of benzene rings is 1. The number of rotatable bonds is 4. The highest BCUT2D eigenvalue weighted by Gasteiger charge is 2.10. The fraction of sp³-hybridized carbons (Fsp3) is 0.364. The number of aliphatic hydroxyl groups excluding tert-OH is 2. The maximum atomic E-state index is 11.7. The normalized spacial score (nSPS) is 12.2. The first-order chi connectivity index (χ1) is 7.54. The van der Waals surface area contributed by atoms with E-state index in [4.69, 9.17) is 21.8 Å². The summed E-state index contributed by atoms with van der Waals surface area (Å²) >= 11 is 5.78. The Morgan fingerprint density at radius 1 is 1.56 bits per heavy atom. The second-order valence-electron chi connectivity index (χ2n) is 3.51. The maximum absolute atomic E-state index is 11.7. The number of aryl methyl sites for hydroxylation is 1. The minimum Gasteiger partial charge on any atom is -0.394 e. The van der Waals surface area contributed by atoms with E-state index in [9.17, 15) is 4.79 Å². The first-order valence-corrected chi connectivity index (χ1v) is 5.25. The molecule has 1 rings (SSSR count). The van der Waals surface area contributed by atoms with E-state index < -0.39 is 6.10 Å². The highest BCUT2D eigenvalue weighted by molar-refractivity contribution is 6.31. The molecule has 1 aromatic carbocycles. The minimum atomic E-state index is -0.941. The summed E-state index contributed by atoms with van der Waals surface area (Å²) < 4.78 is 0. The number of aliphatic hydroxyl groups is 2. The number of halogens is 1. The molecule has 16 heavy (non-hydrogen) atoms. The van der Waals surface area contributed by atoms with Crippen molar-refractivity contribution in [3.63, 3.8) is 0 Å². The lowest BCUT2D eigenvalue weighted by Gasteiger charge is -2.10. The van der Waals surface area contributed by atoms with Gasteiger partial charge in [-0.15, -0.1) is 0 Å². The van der Waals surface area contributed by atoms with E-state index in [0.717, 1.165) is 5.56 Å². The van der Waals surface area contributed by atoms with Gasteiger partial charge in [-0.25, -0.2) is 0 Å². The molecule has 0 radical (unpaired) electrons. The molecule has 5 heteroatoms. The standard InChI is InChI=1S/C11H14ClNO3/c1-7-2-3-8(12)4-10(7)11(16)13-5-9(15)6-14/h2-4,9,14-15H,5-6H2,1H3,(H,13,16). The summed E-state index contributed by atoms with van der Waals surface area (Å²) in [4.78, 5) is 11.7. The number of nitrogens with one attached hydrogen (secondary N) is 1. The van der Waals surface area contributed by atoms with Gasteiger partial charge < -0.3 is 15.5 Å². The highest BCUT2D eigenvalue weighted by atomic mass is 35.5. The van der Waals surface area contributed by atoms with Crippen molar-refractivity contribution in [2.45, 2.75) is 13.0 Å². The van der Waals surface area contributed by atoms with Gasteiger partial charge >= 0.3 is 0 Å². The van der Waals surface area contributed by atoms with Crippen molar-refractivity contribution in [1.82, 2.24) is 5.32 Å². The van der Waals surface area contributed by atoms with Crippen LogP contribution in [0.4, 0.5) is 0 Å². The van der Waals surface area contributed by atoms with Crippen molar-refractivity contribution in [2.75, 3.05) is 13.2 Å². The molecule has 0 aliphatic rings. The van der Waals surface area contributed by atoms with Gasteiger partial charge in [-0.3, -0.25) is 4.79 Å². The van der Waals surface area contributed by atoms with E-state index in [1.807, 2.05) is 0 Å². The lowest BCUT2D eigenvalue weighted by atomic mass is 10.1. The zero-order chi connectivity index (χ0) is 12.1. The van der Waals surface area contributed by atoms with Crippen LogP contribution in [0.15, 0.2) is 18.2 Å². The fourth-order valence-electron chi connectivity index (χ4n) is 1.21. The Balaban J connectivity index is 2.69. The van der Waals surface area contributed by atoms with Crippen molar-refractivity contribution < 1.29 is 15.0 Å². The van der Waals surface area contributed by atoms with Gasteiger partial charge in [0, 0.05) is 17.1 Å². The number of carbonyl (C=O) groups excluding carboxylic acids is 1. The van der Waals surface area contributed by atoms with Gasteiger partial charge in [0.15, 0.2) is 0 Å². The Kier molecular flexibility index (Phi) is 4.73. The van der Waals surface area contributed by atoms with Gasteiger partial charge in [0.25, 0.3) is 5.91 Å². The maximum Gasteiger partial charge on any atom is 0.251 e. The van der Waals surface area contributed by atoms with Crippen LogP contribution in [0.5, 0.6) is 0 Å². The molecule has 1 aromatic rings. The molecule has 0 aromatic heterocycles. The molecule has 0 heterocycles. The van der Waals surface area contributed by atoms with Gasteiger partial charge in [-0.05, 0) is 24.6 Å². The van der Waals surface area contributed by atoms with Gasteiger partial charge in [0.05, 0.1) is 12.7 Å². The molecule has 1 amide bonds. The molecule has 0 saturated heterocycles. The summed E-state index contributed by atoms with van der Waals surface area (Å²) in [6.07, 6.45) is -0.941. The Morgan fingerprint density at radius 3 is 2.88 bits per heavy atom. The molecule has 0 fully saturated rings. The van der Waals surface area contributed by atoms with E-state index in [0.29, 0.717) is 10.6 Å². The molecular formula is C11H14ClNO3. The molecule has 0 spiro atoms. The van der Waals surface area contributed by atoms with Crippen LogP contribution in [-0.2, 0) is 0 Å². The molecule has 3 N–H and O–H groups in total. The van der Waals surface area contributed by atoms with E-state index in [1.165, 1.54) is 0 Å². The van der Waals surface area contributed by atoms with Crippen molar-refractivity contribution in [3.8, 4) is 0 Å². The van der Waals surface area contributed by atoms with E-state index >= 15 is 0 Å². The second-order valence-corrected chi connectivity index (χ2v) is 3.94. The lowest BCUT2D eigenvalue weighted by Crippen LogP contribution is -2.34. The Hall–Kier alpha value is -1.10. The van der Waals surface area contributed by atoms with Crippen LogP contribution < -0.4 is 5.32 Å². The summed E-state index contributed by atoms with van der Waals surface area (Å²) in [6, 6.07) is 5.02. The third-order valence-electron chi connectivity index (χ3n) is 2.15. The Labute approximate surface area is 98.9 Å². The van der Waals surface area contributed by atoms with Gasteiger partial charge in [0.2, 0.25) is 0 Å². The third-order valence-corrected chi connectivity index (χ3v) is 2.39. The van der Waals surface area contributed by atoms with Crippen molar-refractivity contribution >= 4 is 17.5 Å². The summed E-state index contributed by atoms with van der Waals surface area (Å²) in [7, 11) is 0. The monoisotopic (exact) mass is 243 g/mol. The minimum absolute atomic E-state index is 0.0152. The zero-order valence-corrected chi connectivity index (χ0v) is 9.66. The summed E-state index contributed by atoms with van der Waals surface area (Å²) in [6.45, 7) is 1.43. The van der Waals surface area contributed by atoms with Gasteiger partial charge in [-0.1, -0.05) is 17.7 Å². The molecule has 88 valence electrons. The van der Waals surface area contributed by atoms with Crippen molar-refractivity contribution in [2.24, 2.45) is 0 Å². The van der Waals surface area contributed by atoms with Crippen LogP contribution >= 0.6 is 11.6 Å². The molecule has 1 unspecified atom stereocenters. The van der Waals surface area contributed by atoms with Crippen LogP contribution in [-0.4, -0.2) is 35.4 Å². The van der Waals surface area contributed by atoms with E-state index in [2.05, 4.69) is 5.32 Å². The Morgan fingerprint density at radius 2 is 2.25 bits per heavy atom. The number of carbonyl (C=O) groups is 1. The summed E-state index contributed by atoms with van der Waals surface area (Å²) in [5, 5.41) is 20.7. The zero-order valence-electron chi connectivity index (χ0n) is 8.90. The molecule has 0 bridgehead atoms. The molecule has 4 nitrogen and oxygen atoms in total. The van der Waals surface area contributed by atoms with E-state index in [1.54, 1.807) is 25.1 Å². The molecule has 0 saturated carbocycles. The first kappa shape index (κ1) is 13.0. The number of hydrogen-bond acceptors (Lipinski definition) is 3. The van der Waals surface area contributed by atoms with Gasteiger partial charge in [0.1, 0.15) is 0 Å². The third kappa shape index (κ3) is 3.48. The second kappa shape index (κ2) is 5.84. The molecule has 0 aliphatic carbocycles. The van der Waals surface area contributed by atoms with Crippen molar-refractivity contribution in [3.05, 3.63) is 34.3 Å². The fourth-order valence-corrected chi connectivity index (χ4v) is 1.38. The summed E-state index contributed by atoms with van der Waals surface area (Å²) in [5.41, 5.74) is 1.28. The number of hydrogen-bond donors (Lipinski definition) is 3. The van der Waals surface area contributed by atoms with Crippen LogP contribution in [0, 0.1) is 6.92 Å². The topological polar surface area (TPSA) is 69.6 Å². The predicted molar refractivity (Wildman–Crippen MR) is 61.6 cm³/mol. The van der Waals surface area contributed by atoms with Crippen LogP contribution in [0.3, 0.4) is 0 Å². The summed E-state index contributed by atoms with van der Waals surface area (Å²) in [5.74, 6) is -0.312. The first-order valence-electron chi connectivity index (χ1n) is 4.88. The van der Waals surface area contributed by atoms with Crippen LogP contribution in [0.1, 0.15) is 15.9 Å². The van der Waals surface area contributed by atoms with Crippen molar-refractivity contribution in [1.29, 1.82) is 0 Å². The quantitative estimate of drug-likeness (QED) is 0.730. The SMILES string of the molecule is Cc1ccc(Cl)cc1C(=O)NCC(O)CO. The smallest absolute Gasteiger partial charge is 0.251 e. The molecule has 1 atom stereocenters. The average molecular weight is 244 g/mol. The Bertz CT molecular complexity index is 381. The lowest BCUT2D eigenvalue weighted by molar-refractivity contribution is 0.0801. The van der Waals surface area contributed by atoms with Crippen LogP contribution in [0.25, 0.3) is 0 Å². The predicted octanol–water partition coefficient (Wildman–Crippen LogP) is 0.731. The van der Waals surface area contributed by atoms with Crippen LogP contribution in [0.2, 0.25) is 5.02 Å². The molecule has 0 aliphatic heterocycles. The largest absolute Gasteiger partial charge is 0.394 e. The van der Waals surface area contributed by atoms with Gasteiger partial charge in [-0.2, -0.15) is 0 Å². The molecular weight excluding hydrogens is 230 g/mol. The average Bonchev–Trinajstić information content (AvgIpc) is 2.28. The highest BCUT2D eigenvalue weighted by Crippen LogP contribution is 2.15. The number of amides is 1. The van der Waals surface area contributed by atoms with E-state index in [-0.39, 0.29) is 19.1 Å².